The summed E-state index contributed by atoms with van der Waals surface area (Å²) in [4.78, 5) is 49.5. The smallest absolute Gasteiger partial charge is 0.326 e. The Hall–Kier alpha value is -2.94. The molecule has 0 fully saturated rings. The first-order chi connectivity index (χ1) is 17.9. The fourth-order valence-electron chi connectivity index (χ4n) is 3.90. The standard InChI is InChI=1S/C29H45NO8/c1-7-9-11-13-25(31)37-23-16-15-22(17-24(23)38-26(32)14-12-10-8-2)19-29(30,28(34)35-6)18-21(5)36-27(33)20(3)4/h15-17,20-21H,7-14,18-19,30H2,1-6H3/t21?,29-/m1/s1. The molecule has 1 aromatic rings. The summed E-state index contributed by atoms with van der Waals surface area (Å²) >= 11 is 0. The minimum Gasteiger partial charge on any atom is -0.468 e. The molecule has 1 unspecified atom stereocenters. The highest BCUT2D eigenvalue weighted by Gasteiger charge is 2.38. The van der Waals surface area contributed by atoms with Gasteiger partial charge in [-0.2, -0.15) is 0 Å². The van der Waals surface area contributed by atoms with Gasteiger partial charge >= 0.3 is 23.9 Å². The summed E-state index contributed by atoms with van der Waals surface area (Å²) in [6.07, 6.45) is 4.97. The van der Waals surface area contributed by atoms with E-state index in [2.05, 4.69) is 0 Å². The van der Waals surface area contributed by atoms with Crippen molar-refractivity contribution in [3.8, 4) is 11.5 Å². The highest BCUT2D eigenvalue weighted by Crippen LogP contribution is 2.32. The van der Waals surface area contributed by atoms with Crippen LogP contribution < -0.4 is 15.2 Å². The molecule has 0 amide bonds. The van der Waals surface area contributed by atoms with Crippen LogP contribution >= 0.6 is 0 Å². The monoisotopic (exact) mass is 535 g/mol. The van der Waals surface area contributed by atoms with Gasteiger partial charge in [0.25, 0.3) is 0 Å². The molecular formula is C29H45NO8. The van der Waals surface area contributed by atoms with Crippen LogP contribution in [0.2, 0.25) is 0 Å². The first kappa shape index (κ1) is 33.1. The molecule has 0 radical (unpaired) electrons. The van der Waals surface area contributed by atoms with Crippen molar-refractivity contribution < 1.29 is 38.1 Å². The van der Waals surface area contributed by atoms with E-state index in [0.717, 1.165) is 25.7 Å². The molecule has 0 saturated heterocycles. The van der Waals surface area contributed by atoms with Gasteiger partial charge in [-0.15, -0.1) is 0 Å². The average Bonchev–Trinajstić information content (AvgIpc) is 2.85. The molecule has 0 aliphatic heterocycles. The fraction of sp³-hybridized carbons (Fsp3) is 0.655. The number of methoxy groups -OCH3 is 1. The number of nitrogens with two attached hydrogens (primary N) is 1. The molecule has 0 aliphatic carbocycles. The Morgan fingerprint density at radius 3 is 1.92 bits per heavy atom. The Morgan fingerprint density at radius 1 is 0.868 bits per heavy atom. The normalized spacial score (nSPS) is 13.4. The van der Waals surface area contributed by atoms with Crippen molar-refractivity contribution in [2.24, 2.45) is 11.7 Å². The molecule has 2 atom stereocenters. The van der Waals surface area contributed by atoms with Crippen molar-refractivity contribution in [1.29, 1.82) is 0 Å². The Balaban J connectivity index is 3.20. The highest BCUT2D eigenvalue weighted by atomic mass is 16.6. The van der Waals surface area contributed by atoms with E-state index in [1.54, 1.807) is 32.9 Å². The molecule has 0 aliphatic rings. The molecular weight excluding hydrogens is 490 g/mol. The fourth-order valence-corrected chi connectivity index (χ4v) is 3.90. The van der Waals surface area contributed by atoms with Crippen molar-refractivity contribution in [2.45, 2.75) is 110 Å². The van der Waals surface area contributed by atoms with Crippen LogP contribution in [0, 0.1) is 5.92 Å². The second-order valence-corrected chi connectivity index (χ2v) is 10.1. The SMILES string of the molecule is CCCCCC(=O)Oc1ccc(C[C@](N)(CC(C)OC(=O)C(C)C)C(=O)OC)cc1OC(=O)CCCCC. The third kappa shape index (κ3) is 11.6. The first-order valence-corrected chi connectivity index (χ1v) is 13.6. The van der Waals surface area contributed by atoms with Crippen LogP contribution in [0.5, 0.6) is 11.5 Å². The Labute approximate surface area is 226 Å². The predicted molar refractivity (Wildman–Crippen MR) is 144 cm³/mol. The van der Waals surface area contributed by atoms with Crippen molar-refractivity contribution in [2.75, 3.05) is 7.11 Å². The van der Waals surface area contributed by atoms with Gasteiger partial charge in [0.1, 0.15) is 11.6 Å². The van der Waals surface area contributed by atoms with E-state index in [4.69, 9.17) is 24.7 Å². The van der Waals surface area contributed by atoms with Gasteiger partial charge in [0.15, 0.2) is 11.5 Å². The topological polar surface area (TPSA) is 131 Å². The maximum absolute atomic E-state index is 12.7. The van der Waals surface area contributed by atoms with Gasteiger partial charge in [-0.25, -0.2) is 0 Å². The number of esters is 4. The zero-order valence-corrected chi connectivity index (χ0v) is 23.8. The zero-order valence-electron chi connectivity index (χ0n) is 23.8. The number of unbranched alkanes of at least 4 members (excludes halogenated alkanes) is 4. The van der Waals surface area contributed by atoms with Gasteiger partial charge in [-0.3, -0.25) is 19.2 Å². The molecule has 0 heterocycles. The third-order valence-electron chi connectivity index (χ3n) is 5.98. The van der Waals surface area contributed by atoms with Gasteiger partial charge in [0, 0.05) is 25.7 Å². The van der Waals surface area contributed by atoms with Crippen molar-refractivity contribution >= 4 is 23.9 Å². The predicted octanol–water partition coefficient (Wildman–Crippen LogP) is 5.05. The molecule has 9 nitrogen and oxygen atoms in total. The van der Waals surface area contributed by atoms with Crippen molar-refractivity contribution in [3.63, 3.8) is 0 Å². The molecule has 2 N–H and O–H groups in total. The summed E-state index contributed by atoms with van der Waals surface area (Å²) in [5.41, 5.74) is 5.53. The number of hydrogen-bond acceptors (Lipinski definition) is 9. The van der Waals surface area contributed by atoms with Crippen LogP contribution in [0.4, 0.5) is 0 Å². The van der Waals surface area contributed by atoms with Gasteiger partial charge in [0.05, 0.1) is 13.0 Å². The lowest BCUT2D eigenvalue weighted by atomic mass is 9.86. The Kier molecular flexibility index (Phi) is 14.6. The quantitative estimate of drug-likeness (QED) is 0.165. The van der Waals surface area contributed by atoms with Gasteiger partial charge in [-0.05, 0) is 37.5 Å². The highest BCUT2D eigenvalue weighted by molar-refractivity contribution is 5.81. The summed E-state index contributed by atoms with van der Waals surface area (Å²) in [5.74, 6) is -2.05. The maximum atomic E-state index is 12.7. The molecule has 1 aromatic carbocycles. The summed E-state index contributed by atoms with van der Waals surface area (Å²) in [5, 5.41) is 0. The summed E-state index contributed by atoms with van der Waals surface area (Å²) in [6.45, 7) is 9.18. The minimum absolute atomic E-state index is 0.00829. The average molecular weight is 536 g/mol. The van der Waals surface area contributed by atoms with E-state index in [9.17, 15) is 19.2 Å². The number of ether oxygens (including phenoxy) is 4. The van der Waals surface area contributed by atoms with Gasteiger partial charge < -0.3 is 24.7 Å². The molecule has 0 saturated carbocycles. The lowest BCUT2D eigenvalue weighted by molar-refractivity contribution is -0.157. The van der Waals surface area contributed by atoms with Crippen molar-refractivity contribution in [1.82, 2.24) is 0 Å². The van der Waals surface area contributed by atoms with Crippen LogP contribution in [0.1, 0.15) is 98.0 Å². The van der Waals surface area contributed by atoms with Crippen LogP contribution in [0.3, 0.4) is 0 Å². The second-order valence-electron chi connectivity index (χ2n) is 10.1. The van der Waals surface area contributed by atoms with E-state index in [-0.39, 0.29) is 43.1 Å². The van der Waals surface area contributed by atoms with Crippen LogP contribution in [0.25, 0.3) is 0 Å². The van der Waals surface area contributed by atoms with Gasteiger partial charge in [0.2, 0.25) is 0 Å². The van der Waals surface area contributed by atoms with E-state index < -0.39 is 35.5 Å². The largest absolute Gasteiger partial charge is 0.468 e. The third-order valence-corrected chi connectivity index (χ3v) is 5.98. The van der Waals surface area contributed by atoms with E-state index in [1.165, 1.54) is 13.2 Å². The lowest BCUT2D eigenvalue weighted by Crippen LogP contribution is -2.53. The van der Waals surface area contributed by atoms with Crippen LogP contribution in [0.15, 0.2) is 18.2 Å². The Morgan fingerprint density at radius 2 is 1.42 bits per heavy atom. The number of carbonyl (C=O) groups excluding carboxylic acids is 4. The second kappa shape index (κ2) is 16.8. The van der Waals surface area contributed by atoms with Crippen LogP contribution in [-0.4, -0.2) is 42.6 Å². The molecule has 214 valence electrons. The molecule has 0 aromatic heterocycles. The van der Waals surface area contributed by atoms with E-state index in [1.807, 2.05) is 13.8 Å². The van der Waals surface area contributed by atoms with Crippen LogP contribution in [-0.2, 0) is 35.1 Å². The lowest BCUT2D eigenvalue weighted by Gasteiger charge is -2.29. The Bertz CT molecular complexity index is 929. The summed E-state index contributed by atoms with van der Waals surface area (Å²) in [7, 11) is 1.24. The molecule has 38 heavy (non-hydrogen) atoms. The molecule has 9 heteroatoms. The molecule has 1 rings (SSSR count). The number of carbonyl (C=O) groups is 4. The molecule has 0 spiro atoms. The zero-order chi connectivity index (χ0) is 28.7. The van der Waals surface area contributed by atoms with Crippen molar-refractivity contribution in [3.05, 3.63) is 23.8 Å². The minimum atomic E-state index is -1.52. The van der Waals surface area contributed by atoms with E-state index in [0.29, 0.717) is 18.4 Å². The number of benzene rings is 1. The van der Waals surface area contributed by atoms with Gasteiger partial charge in [-0.1, -0.05) is 59.4 Å². The maximum Gasteiger partial charge on any atom is 0.326 e. The first-order valence-electron chi connectivity index (χ1n) is 13.6. The van der Waals surface area contributed by atoms with E-state index >= 15 is 0 Å². The summed E-state index contributed by atoms with van der Waals surface area (Å²) in [6, 6.07) is 4.72. The summed E-state index contributed by atoms with van der Waals surface area (Å²) < 4.78 is 21.5. The number of hydrogen-bond donors (Lipinski definition) is 1. The number of rotatable bonds is 17. The molecule has 0 bridgehead atoms.